The van der Waals surface area contributed by atoms with Crippen LogP contribution in [0.2, 0.25) is 0 Å². The zero-order valence-corrected chi connectivity index (χ0v) is 10.1. The molecule has 4 nitrogen and oxygen atoms in total. The molecule has 1 unspecified atom stereocenters. The highest BCUT2D eigenvalue weighted by Gasteiger charge is 2.25. The third-order valence-electron chi connectivity index (χ3n) is 2.90. The summed E-state index contributed by atoms with van der Waals surface area (Å²) < 4.78 is 0. The molecule has 1 aliphatic rings. The summed E-state index contributed by atoms with van der Waals surface area (Å²) in [5, 5.41) is 8.12. The van der Waals surface area contributed by atoms with E-state index in [9.17, 15) is 9.59 Å². The van der Waals surface area contributed by atoms with Crippen molar-refractivity contribution in [2.75, 3.05) is 11.9 Å². The van der Waals surface area contributed by atoms with Crippen LogP contribution in [0.15, 0.2) is 18.2 Å². The molecule has 1 N–H and O–H groups in total. The standard InChI is InChI=1S/C12H12ClNO3/c1-14-10-3-2-7(9(13)6-12(16)17)4-8(10)5-11(14)15/h2-4,9H,5-6H2,1H3,(H,16,17). The summed E-state index contributed by atoms with van der Waals surface area (Å²) in [5.41, 5.74) is 2.53. The zero-order valence-electron chi connectivity index (χ0n) is 9.31. The molecule has 1 aromatic carbocycles. The van der Waals surface area contributed by atoms with Crippen molar-refractivity contribution in [1.82, 2.24) is 0 Å². The summed E-state index contributed by atoms with van der Waals surface area (Å²) >= 11 is 6.00. The first kappa shape index (κ1) is 11.9. The van der Waals surface area contributed by atoms with Crippen molar-refractivity contribution in [3.63, 3.8) is 0 Å². The van der Waals surface area contributed by atoms with Crippen LogP contribution >= 0.6 is 11.6 Å². The van der Waals surface area contributed by atoms with E-state index in [4.69, 9.17) is 16.7 Å². The number of anilines is 1. The van der Waals surface area contributed by atoms with Gasteiger partial charge < -0.3 is 10.0 Å². The SMILES string of the molecule is CN1C(=O)Cc2cc(C(Cl)CC(=O)O)ccc21. The van der Waals surface area contributed by atoms with Gasteiger partial charge in [-0.3, -0.25) is 9.59 Å². The van der Waals surface area contributed by atoms with Crippen LogP contribution in [-0.4, -0.2) is 24.0 Å². The molecule has 0 saturated carbocycles. The molecule has 0 aliphatic carbocycles. The molecule has 0 aromatic heterocycles. The van der Waals surface area contributed by atoms with E-state index in [2.05, 4.69) is 0 Å². The second-order valence-corrected chi connectivity index (χ2v) is 4.61. The average molecular weight is 254 g/mol. The number of aliphatic carboxylic acids is 1. The Bertz CT molecular complexity index is 487. The number of alkyl halides is 1. The Hall–Kier alpha value is -1.55. The number of carbonyl (C=O) groups is 2. The predicted molar refractivity (Wildman–Crippen MR) is 64.4 cm³/mol. The van der Waals surface area contributed by atoms with Gasteiger partial charge in [-0.15, -0.1) is 11.6 Å². The van der Waals surface area contributed by atoms with Gasteiger partial charge in [-0.25, -0.2) is 0 Å². The maximum atomic E-state index is 11.5. The molecule has 90 valence electrons. The van der Waals surface area contributed by atoms with Crippen LogP contribution < -0.4 is 4.90 Å². The normalized spacial score (nSPS) is 15.9. The summed E-state index contributed by atoms with van der Waals surface area (Å²) in [6, 6.07) is 5.40. The average Bonchev–Trinajstić information content (AvgIpc) is 2.53. The molecule has 0 fully saturated rings. The van der Waals surface area contributed by atoms with Crippen molar-refractivity contribution in [2.24, 2.45) is 0 Å². The predicted octanol–water partition coefficient (Wildman–Crippen LogP) is 1.96. The third-order valence-corrected chi connectivity index (χ3v) is 3.30. The largest absolute Gasteiger partial charge is 0.481 e. The van der Waals surface area contributed by atoms with Crippen molar-refractivity contribution in [2.45, 2.75) is 18.2 Å². The fraction of sp³-hybridized carbons (Fsp3) is 0.333. The van der Waals surface area contributed by atoms with E-state index in [0.29, 0.717) is 6.42 Å². The second kappa shape index (κ2) is 4.37. The van der Waals surface area contributed by atoms with Crippen LogP contribution in [-0.2, 0) is 16.0 Å². The Morgan fingerprint density at radius 1 is 1.59 bits per heavy atom. The minimum Gasteiger partial charge on any atom is -0.481 e. The number of carboxylic acids is 1. The lowest BCUT2D eigenvalue weighted by atomic mass is 10.0. The smallest absolute Gasteiger partial charge is 0.305 e. The van der Waals surface area contributed by atoms with Gasteiger partial charge in [0.1, 0.15) is 0 Å². The van der Waals surface area contributed by atoms with Gasteiger partial charge >= 0.3 is 5.97 Å². The minimum atomic E-state index is -0.932. The number of carboxylic acid groups (broad SMARTS) is 1. The Morgan fingerprint density at radius 2 is 2.29 bits per heavy atom. The summed E-state index contributed by atoms with van der Waals surface area (Å²) in [5.74, 6) is -0.889. The molecule has 17 heavy (non-hydrogen) atoms. The van der Waals surface area contributed by atoms with Crippen LogP contribution in [0.25, 0.3) is 0 Å². The fourth-order valence-corrected chi connectivity index (χ4v) is 2.22. The molecule has 2 rings (SSSR count). The number of carbonyl (C=O) groups excluding carboxylic acids is 1. The molecule has 1 amide bonds. The first-order valence-corrected chi connectivity index (χ1v) is 5.68. The Labute approximate surface area is 104 Å². The first-order valence-electron chi connectivity index (χ1n) is 5.24. The lowest BCUT2D eigenvalue weighted by Gasteiger charge is -2.12. The minimum absolute atomic E-state index is 0.0431. The van der Waals surface area contributed by atoms with Crippen LogP contribution in [0, 0.1) is 0 Å². The molecule has 0 bridgehead atoms. The number of nitrogens with zero attached hydrogens (tertiary/aromatic N) is 1. The van der Waals surface area contributed by atoms with E-state index < -0.39 is 11.3 Å². The lowest BCUT2D eigenvalue weighted by Crippen LogP contribution is -2.20. The number of halogens is 1. The highest BCUT2D eigenvalue weighted by atomic mass is 35.5. The molecule has 0 spiro atoms. The molecule has 1 atom stereocenters. The van der Waals surface area contributed by atoms with E-state index in [-0.39, 0.29) is 12.3 Å². The van der Waals surface area contributed by atoms with E-state index in [0.717, 1.165) is 16.8 Å². The number of amides is 1. The van der Waals surface area contributed by atoms with Gasteiger partial charge in [0, 0.05) is 12.7 Å². The van der Waals surface area contributed by atoms with Gasteiger partial charge in [0.05, 0.1) is 18.2 Å². The number of benzene rings is 1. The van der Waals surface area contributed by atoms with Gasteiger partial charge in [-0.2, -0.15) is 0 Å². The molecule has 0 saturated heterocycles. The van der Waals surface area contributed by atoms with Gasteiger partial charge in [0.15, 0.2) is 0 Å². The maximum absolute atomic E-state index is 11.5. The lowest BCUT2D eigenvalue weighted by molar-refractivity contribution is -0.137. The van der Waals surface area contributed by atoms with Crippen molar-refractivity contribution >= 4 is 29.2 Å². The summed E-state index contributed by atoms with van der Waals surface area (Å²) in [4.78, 5) is 23.7. The monoisotopic (exact) mass is 253 g/mol. The van der Waals surface area contributed by atoms with Gasteiger partial charge in [-0.1, -0.05) is 12.1 Å². The van der Waals surface area contributed by atoms with Gasteiger partial charge in [0.25, 0.3) is 0 Å². The molecular formula is C12H12ClNO3. The van der Waals surface area contributed by atoms with Crippen LogP contribution in [0.4, 0.5) is 5.69 Å². The van der Waals surface area contributed by atoms with Crippen LogP contribution in [0.1, 0.15) is 22.9 Å². The van der Waals surface area contributed by atoms with Gasteiger partial charge in [0.2, 0.25) is 5.91 Å². The first-order chi connectivity index (χ1) is 7.99. The fourth-order valence-electron chi connectivity index (χ4n) is 1.96. The topological polar surface area (TPSA) is 57.6 Å². The highest BCUT2D eigenvalue weighted by molar-refractivity contribution is 6.21. The van der Waals surface area contributed by atoms with Gasteiger partial charge in [-0.05, 0) is 17.2 Å². The number of hydrogen-bond donors (Lipinski definition) is 1. The Balaban J connectivity index is 2.27. The van der Waals surface area contributed by atoms with Crippen molar-refractivity contribution in [3.8, 4) is 0 Å². The van der Waals surface area contributed by atoms with Crippen LogP contribution in [0.5, 0.6) is 0 Å². The number of fused-ring (bicyclic) bond motifs is 1. The van der Waals surface area contributed by atoms with E-state index >= 15 is 0 Å². The molecule has 1 heterocycles. The summed E-state index contributed by atoms with van der Waals surface area (Å²) in [6.45, 7) is 0. The quantitative estimate of drug-likeness (QED) is 0.838. The molecule has 5 heteroatoms. The second-order valence-electron chi connectivity index (χ2n) is 4.08. The van der Waals surface area contributed by atoms with Crippen molar-refractivity contribution < 1.29 is 14.7 Å². The van der Waals surface area contributed by atoms with E-state index in [1.807, 2.05) is 12.1 Å². The Kier molecular flexibility index (Phi) is 3.07. The highest BCUT2D eigenvalue weighted by Crippen LogP contribution is 2.32. The maximum Gasteiger partial charge on any atom is 0.305 e. The number of rotatable bonds is 3. The zero-order chi connectivity index (χ0) is 12.6. The molecule has 1 aliphatic heterocycles. The number of hydrogen-bond acceptors (Lipinski definition) is 2. The third kappa shape index (κ3) is 2.26. The summed E-state index contributed by atoms with van der Waals surface area (Å²) in [6.07, 6.45) is 0.237. The van der Waals surface area contributed by atoms with E-state index in [1.165, 1.54) is 0 Å². The molecule has 1 aromatic rings. The Morgan fingerprint density at radius 3 is 2.94 bits per heavy atom. The van der Waals surface area contributed by atoms with Crippen molar-refractivity contribution in [1.29, 1.82) is 0 Å². The van der Waals surface area contributed by atoms with E-state index in [1.54, 1.807) is 18.0 Å². The number of likely N-dealkylation sites (N-methyl/N-ethyl adjacent to an activating group) is 1. The van der Waals surface area contributed by atoms with Crippen molar-refractivity contribution in [3.05, 3.63) is 29.3 Å². The van der Waals surface area contributed by atoms with Crippen LogP contribution in [0.3, 0.4) is 0 Å². The molecule has 0 radical (unpaired) electrons. The molecular weight excluding hydrogens is 242 g/mol. The summed E-state index contributed by atoms with van der Waals surface area (Å²) in [7, 11) is 1.73.